The van der Waals surface area contributed by atoms with Gasteiger partial charge in [-0.3, -0.25) is 9.52 Å². The standard InChI is InChI=1S/C15H12F2N2O3S/c16-10-6-11(17)8-12(7-10)19-23(21,22)13-2-3-14-9(5-13)1-4-15(20)18-14/h2-3,5-8,19H,1,4H2,(H,18,20). The van der Waals surface area contributed by atoms with Crippen LogP contribution in [-0.4, -0.2) is 14.3 Å². The van der Waals surface area contributed by atoms with E-state index in [1.807, 2.05) is 0 Å². The van der Waals surface area contributed by atoms with Crippen molar-refractivity contribution in [2.75, 3.05) is 10.0 Å². The maximum atomic E-state index is 13.2. The highest BCUT2D eigenvalue weighted by molar-refractivity contribution is 7.92. The average molecular weight is 338 g/mol. The molecule has 8 heteroatoms. The average Bonchev–Trinajstić information content (AvgIpc) is 2.44. The van der Waals surface area contributed by atoms with Crippen LogP contribution in [0.5, 0.6) is 0 Å². The summed E-state index contributed by atoms with van der Waals surface area (Å²) < 4.78 is 53.1. The zero-order valence-electron chi connectivity index (χ0n) is 11.8. The van der Waals surface area contributed by atoms with Crippen molar-refractivity contribution in [1.29, 1.82) is 0 Å². The summed E-state index contributed by atoms with van der Waals surface area (Å²) in [6.45, 7) is 0. The van der Waals surface area contributed by atoms with Crippen molar-refractivity contribution in [3.63, 3.8) is 0 Å². The molecule has 1 heterocycles. The number of halogens is 2. The van der Waals surface area contributed by atoms with Crippen molar-refractivity contribution in [3.8, 4) is 0 Å². The number of carbonyl (C=O) groups excluding carboxylic acids is 1. The molecule has 5 nitrogen and oxygen atoms in total. The van der Waals surface area contributed by atoms with Crippen LogP contribution in [-0.2, 0) is 21.2 Å². The summed E-state index contributed by atoms with van der Waals surface area (Å²) in [5.74, 6) is -1.88. The summed E-state index contributed by atoms with van der Waals surface area (Å²) >= 11 is 0. The molecule has 0 fully saturated rings. The molecule has 0 aliphatic carbocycles. The summed E-state index contributed by atoms with van der Waals surface area (Å²) in [6, 6.07) is 6.68. The Bertz CT molecular complexity index is 877. The third-order valence-corrected chi connectivity index (χ3v) is 4.78. The minimum atomic E-state index is -3.99. The Kier molecular flexibility index (Phi) is 3.77. The second-order valence-corrected chi connectivity index (χ2v) is 6.81. The number of fused-ring (bicyclic) bond motifs is 1. The lowest BCUT2D eigenvalue weighted by Crippen LogP contribution is -2.20. The Balaban J connectivity index is 1.92. The fraction of sp³-hybridized carbons (Fsp3) is 0.133. The van der Waals surface area contributed by atoms with Crippen molar-refractivity contribution in [3.05, 3.63) is 53.6 Å². The van der Waals surface area contributed by atoms with E-state index in [-0.39, 0.29) is 22.9 Å². The highest BCUT2D eigenvalue weighted by Gasteiger charge is 2.20. The van der Waals surface area contributed by atoms with Crippen molar-refractivity contribution >= 4 is 27.3 Å². The highest BCUT2D eigenvalue weighted by Crippen LogP contribution is 2.26. The Morgan fingerprint density at radius 2 is 1.70 bits per heavy atom. The molecule has 2 aromatic rings. The SMILES string of the molecule is O=C1CCc2cc(S(=O)(=O)Nc3cc(F)cc(F)c3)ccc2N1. The summed E-state index contributed by atoms with van der Waals surface area (Å²) in [5, 5.41) is 2.65. The van der Waals surface area contributed by atoms with Crippen LogP contribution >= 0.6 is 0 Å². The van der Waals surface area contributed by atoms with E-state index >= 15 is 0 Å². The predicted molar refractivity (Wildman–Crippen MR) is 80.6 cm³/mol. The zero-order valence-corrected chi connectivity index (χ0v) is 12.6. The van der Waals surface area contributed by atoms with E-state index in [2.05, 4.69) is 10.0 Å². The van der Waals surface area contributed by atoms with Crippen LogP contribution in [0.4, 0.5) is 20.2 Å². The highest BCUT2D eigenvalue weighted by atomic mass is 32.2. The number of hydrogen-bond acceptors (Lipinski definition) is 3. The van der Waals surface area contributed by atoms with Gasteiger partial charge in [-0.2, -0.15) is 0 Å². The number of anilines is 2. The largest absolute Gasteiger partial charge is 0.326 e. The second-order valence-electron chi connectivity index (χ2n) is 5.13. The third kappa shape index (κ3) is 3.31. The molecular formula is C15H12F2N2O3S. The summed E-state index contributed by atoms with van der Waals surface area (Å²) in [7, 11) is -3.99. The molecule has 23 heavy (non-hydrogen) atoms. The lowest BCUT2D eigenvalue weighted by Gasteiger charge is -2.17. The summed E-state index contributed by atoms with van der Waals surface area (Å²) in [6.07, 6.45) is 0.707. The van der Waals surface area contributed by atoms with Crippen LogP contribution in [0.2, 0.25) is 0 Å². The maximum Gasteiger partial charge on any atom is 0.261 e. The van der Waals surface area contributed by atoms with Gasteiger partial charge < -0.3 is 5.32 Å². The Morgan fingerprint density at radius 3 is 2.39 bits per heavy atom. The van der Waals surface area contributed by atoms with Gasteiger partial charge in [0.1, 0.15) is 11.6 Å². The molecule has 0 radical (unpaired) electrons. The molecule has 1 amide bonds. The van der Waals surface area contributed by atoms with Crippen LogP contribution in [0, 0.1) is 11.6 Å². The van der Waals surface area contributed by atoms with Crippen LogP contribution in [0.3, 0.4) is 0 Å². The first-order chi connectivity index (χ1) is 10.8. The van der Waals surface area contributed by atoms with E-state index in [4.69, 9.17) is 0 Å². The lowest BCUT2D eigenvalue weighted by molar-refractivity contribution is -0.116. The molecule has 0 saturated heterocycles. The van der Waals surface area contributed by atoms with Crippen LogP contribution in [0.1, 0.15) is 12.0 Å². The minimum Gasteiger partial charge on any atom is -0.326 e. The quantitative estimate of drug-likeness (QED) is 0.903. The van der Waals surface area contributed by atoms with Crippen molar-refractivity contribution in [1.82, 2.24) is 0 Å². The number of hydrogen-bond donors (Lipinski definition) is 2. The van der Waals surface area contributed by atoms with Gasteiger partial charge >= 0.3 is 0 Å². The van der Waals surface area contributed by atoms with E-state index in [9.17, 15) is 22.0 Å². The van der Waals surface area contributed by atoms with Gasteiger partial charge in [0.2, 0.25) is 5.91 Å². The predicted octanol–water partition coefficient (Wildman–Crippen LogP) is 2.65. The van der Waals surface area contributed by atoms with E-state index < -0.39 is 21.7 Å². The van der Waals surface area contributed by atoms with E-state index in [0.717, 1.165) is 12.1 Å². The number of sulfonamides is 1. The van der Waals surface area contributed by atoms with Crippen molar-refractivity contribution in [2.24, 2.45) is 0 Å². The Hall–Kier alpha value is -2.48. The Morgan fingerprint density at radius 1 is 1.00 bits per heavy atom. The van der Waals surface area contributed by atoms with E-state index in [1.54, 1.807) is 0 Å². The topological polar surface area (TPSA) is 75.3 Å². The van der Waals surface area contributed by atoms with Gasteiger partial charge in [-0.1, -0.05) is 0 Å². The normalized spacial score (nSPS) is 14.1. The molecule has 0 spiro atoms. The van der Waals surface area contributed by atoms with E-state index in [0.29, 0.717) is 23.7 Å². The van der Waals surface area contributed by atoms with E-state index in [1.165, 1.54) is 18.2 Å². The molecule has 0 aromatic heterocycles. The summed E-state index contributed by atoms with van der Waals surface area (Å²) in [5.41, 5.74) is 1.06. The van der Waals surface area contributed by atoms with Gasteiger partial charge in [-0.05, 0) is 42.3 Å². The van der Waals surface area contributed by atoms with Gasteiger partial charge in [-0.15, -0.1) is 0 Å². The molecule has 2 N–H and O–H groups in total. The molecule has 1 aliphatic rings. The van der Waals surface area contributed by atoms with Gasteiger partial charge in [-0.25, -0.2) is 17.2 Å². The fourth-order valence-electron chi connectivity index (χ4n) is 2.35. The first-order valence-corrected chi connectivity index (χ1v) is 8.23. The molecule has 2 aromatic carbocycles. The van der Waals surface area contributed by atoms with Gasteiger partial charge in [0.25, 0.3) is 10.0 Å². The molecule has 3 rings (SSSR count). The third-order valence-electron chi connectivity index (χ3n) is 3.40. The smallest absolute Gasteiger partial charge is 0.261 e. The number of aryl methyl sites for hydroxylation is 1. The molecule has 0 unspecified atom stereocenters. The first-order valence-electron chi connectivity index (χ1n) is 6.75. The van der Waals surface area contributed by atoms with Crippen molar-refractivity contribution in [2.45, 2.75) is 17.7 Å². The Labute approximate surface area is 131 Å². The molecule has 0 atom stereocenters. The minimum absolute atomic E-state index is 0.0444. The van der Waals surface area contributed by atoms with Gasteiger partial charge in [0.15, 0.2) is 0 Å². The molecule has 0 bridgehead atoms. The van der Waals surface area contributed by atoms with Crippen LogP contribution in [0.25, 0.3) is 0 Å². The van der Waals surface area contributed by atoms with Crippen molar-refractivity contribution < 1.29 is 22.0 Å². The van der Waals surface area contributed by atoms with Gasteiger partial charge in [0, 0.05) is 18.2 Å². The zero-order chi connectivity index (χ0) is 16.6. The molecule has 120 valence electrons. The number of carbonyl (C=O) groups is 1. The lowest BCUT2D eigenvalue weighted by atomic mass is 10.0. The fourth-order valence-corrected chi connectivity index (χ4v) is 3.44. The van der Waals surface area contributed by atoms with Crippen LogP contribution < -0.4 is 10.0 Å². The van der Waals surface area contributed by atoms with Gasteiger partial charge in [0.05, 0.1) is 10.6 Å². The van der Waals surface area contributed by atoms with Crippen LogP contribution in [0.15, 0.2) is 41.3 Å². The number of rotatable bonds is 3. The first kappa shape index (κ1) is 15.4. The second kappa shape index (κ2) is 5.62. The number of nitrogens with one attached hydrogen (secondary N) is 2. The number of benzene rings is 2. The monoisotopic (exact) mass is 338 g/mol. The molecule has 1 aliphatic heterocycles. The molecule has 0 saturated carbocycles. The summed E-state index contributed by atoms with van der Waals surface area (Å²) in [4.78, 5) is 11.3. The molecular weight excluding hydrogens is 326 g/mol. The maximum absolute atomic E-state index is 13.2. The number of amides is 1.